The van der Waals surface area contributed by atoms with E-state index in [9.17, 15) is 0 Å². The second kappa shape index (κ2) is 7.36. The molecule has 0 N–H and O–H groups in total. The van der Waals surface area contributed by atoms with Crippen LogP contribution in [0.3, 0.4) is 0 Å². The highest BCUT2D eigenvalue weighted by Gasteiger charge is 2.23. The van der Waals surface area contributed by atoms with Gasteiger partial charge in [-0.2, -0.15) is 0 Å². The first kappa shape index (κ1) is 19.7. The van der Waals surface area contributed by atoms with E-state index in [0.717, 1.165) is 6.42 Å². The maximum absolute atomic E-state index is 2.55. The Morgan fingerprint density at radius 1 is 0.529 bits per heavy atom. The van der Waals surface area contributed by atoms with Crippen LogP contribution in [0, 0.1) is 13.8 Å². The highest BCUT2D eigenvalue weighted by molar-refractivity contribution is 6.14. The van der Waals surface area contributed by atoms with Crippen LogP contribution in [0.1, 0.15) is 35.2 Å². The fraction of sp³-hybridized carbons (Fsp3) is 0.188. The first-order valence-electron chi connectivity index (χ1n) is 12.4. The van der Waals surface area contributed by atoms with Gasteiger partial charge >= 0.3 is 0 Å². The Morgan fingerprint density at radius 3 is 1.97 bits per heavy atom. The van der Waals surface area contributed by atoms with Crippen molar-refractivity contribution in [1.82, 2.24) is 9.13 Å². The summed E-state index contributed by atoms with van der Waals surface area (Å²) in [6, 6.07) is 31.6. The maximum atomic E-state index is 2.55. The molecule has 0 aliphatic heterocycles. The van der Waals surface area contributed by atoms with Gasteiger partial charge in [-0.1, -0.05) is 42.5 Å². The number of hydrogen-bond donors (Lipinski definition) is 0. The van der Waals surface area contributed by atoms with Crippen LogP contribution in [0.2, 0.25) is 0 Å². The number of nitrogens with zero attached hydrogens (tertiary/aromatic N) is 2. The molecule has 7 rings (SSSR count). The molecule has 6 aromatic rings. The molecule has 0 saturated heterocycles. The zero-order valence-electron chi connectivity index (χ0n) is 19.8. The quantitative estimate of drug-likeness (QED) is 0.257. The number of para-hydroxylation sites is 1. The fourth-order valence-corrected chi connectivity index (χ4v) is 6.11. The predicted octanol–water partition coefficient (Wildman–Crippen LogP) is 8.22. The maximum Gasteiger partial charge on any atom is 0.0562 e. The minimum Gasteiger partial charge on any atom is -0.313 e. The van der Waals surface area contributed by atoms with E-state index in [-0.39, 0.29) is 0 Å². The number of aryl methyl sites for hydroxylation is 3. The molecule has 0 fully saturated rings. The number of benzene rings is 4. The summed E-state index contributed by atoms with van der Waals surface area (Å²) < 4.78 is 5.00. The fourth-order valence-electron chi connectivity index (χ4n) is 6.11. The lowest BCUT2D eigenvalue weighted by Crippen LogP contribution is -2.07. The zero-order chi connectivity index (χ0) is 22.8. The smallest absolute Gasteiger partial charge is 0.0562 e. The van der Waals surface area contributed by atoms with Gasteiger partial charge < -0.3 is 9.13 Å². The van der Waals surface area contributed by atoms with Gasteiger partial charge in [0.25, 0.3) is 0 Å². The molecule has 1 aliphatic carbocycles. The predicted molar refractivity (Wildman–Crippen MR) is 144 cm³/mol. The van der Waals surface area contributed by atoms with E-state index in [1.54, 1.807) is 5.56 Å². The molecule has 0 atom stereocenters. The molecule has 1 aliphatic rings. The van der Waals surface area contributed by atoms with Crippen molar-refractivity contribution in [3.05, 3.63) is 107 Å². The van der Waals surface area contributed by atoms with Gasteiger partial charge in [-0.25, -0.2) is 0 Å². The van der Waals surface area contributed by atoms with Gasteiger partial charge in [-0.3, -0.25) is 0 Å². The Kier molecular flexibility index (Phi) is 4.26. The second-order valence-electron chi connectivity index (χ2n) is 9.88. The van der Waals surface area contributed by atoms with Gasteiger partial charge in [-0.15, -0.1) is 0 Å². The topological polar surface area (TPSA) is 9.86 Å². The zero-order valence-corrected chi connectivity index (χ0v) is 19.8. The number of rotatable bonds is 2. The van der Waals surface area contributed by atoms with Crippen LogP contribution in [0.5, 0.6) is 0 Å². The molecule has 34 heavy (non-hydrogen) atoms. The highest BCUT2D eigenvalue weighted by Crippen LogP contribution is 2.40. The van der Waals surface area contributed by atoms with Crippen LogP contribution in [0.25, 0.3) is 44.1 Å². The monoisotopic (exact) mass is 440 g/mol. The molecule has 0 saturated carbocycles. The summed E-state index contributed by atoms with van der Waals surface area (Å²) in [6.45, 7) is 4.36. The molecular weight excluding hydrogens is 412 g/mol. The molecule has 2 heteroatoms. The van der Waals surface area contributed by atoms with Crippen LogP contribution < -0.4 is 0 Å². The van der Waals surface area contributed by atoms with Crippen molar-refractivity contribution >= 4 is 32.7 Å². The molecular formula is C32H28N2. The van der Waals surface area contributed by atoms with Gasteiger partial charge in [0.05, 0.1) is 16.6 Å². The normalized spacial score (nSPS) is 13.7. The molecule has 2 heterocycles. The molecule has 0 bridgehead atoms. The summed E-state index contributed by atoms with van der Waals surface area (Å²) in [6.07, 6.45) is 4.88. The van der Waals surface area contributed by atoms with Crippen molar-refractivity contribution in [2.45, 2.75) is 39.5 Å². The van der Waals surface area contributed by atoms with Crippen LogP contribution in [-0.4, -0.2) is 9.13 Å². The van der Waals surface area contributed by atoms with E-state index in [2.05, 4.69) is 108 Å². The van der Waals surface area contributed by atoms with Crippen molar-refractivity contribution in [2.24, 2.45) is 0 Å². The Labute approximate surface area is 200 Å². The standard InChI is InChI=1S/C32H28N2/c1-21-9-7-11-23(17-21)33-29-15-5-3-13-25(29)27-19-28-26-14-4-6-16-30(26)34(32(28)20-31(27)33)24-12-8-10-22(2)18-24/h3,5,7-13,15,17-20H,4,6,14,16H2,1-2H3. The van der Waals surface area contributed by atoms with Gasteiger partial charge in [0.1, 0.15) is 0 Å². The van der Waals surface area contributed by atoms with Crippen molar-refractivity contribution in [2.75, 3.05) is 0 Å². The number of aromatic nitrogens is 2. The molecule has 0 amide bonds. The molecule has 0 radical (unpaired) electrons. The Balaban J connectivity index is 1.65. The van der Waals surface area contributed by atoms with Gasteiger partial charge in [-0.05, 0) is 98.7 Å². The van der Waals surface area contributed by atoms with Gasteiger partial charge in [0.15, 0.2) is 0 Å². The third kappa shape index (κ3) is 2.81. The van der Waals surface area contributed by atoms with E-state index in [1.807, 2.05) is 0 Å². The molecule has 0 unspecified atom stereocenters. The lowest BCUT2D eigenvalue weighted by atomic mass is 9.95. The summed E-state index contributed by atoms with van der Waals surface area (Å²) in [5.74, 6) is 0. The summed E-state index contributed by atoms with van der Waals surface area (Å²) >= 11 is 0. The molecule has 166 valence electrons. The van der Waals surface area contributed by atoms with Crippen LogP contribution in [-0.2, 0) is 12.8 Å². The van der Waals surface area contributed by atoms with Crippen LogP contribution in [0.15, 0.2) is 84.9 Å². The van der Waals surface area contributed by atoms with E-state index < -0.39 is 0 Å². The lowest BCUT2D eigenvalue weighted by Gasteiger charge is -2.16. The van der Waals surface area contributed by atoms with E-state index in [1.165, 1.54) is 80.2 Å². The van der Waals surface area contributed by atoms with Crippen molar-refractivity contribution in [3.63, 3.8) is 0 Å². The largest absolute Gasteiger partial charge is 0.313 e. The van der Waals surface area contributed by atoms with Crippen LogP contribution >= 0.6 is 0 Å². The third-order valence-electron chi connectivity index (χ3n) is 7.58. The highest BCUT2D eigenvalue weighted by atomic mass is 15.0. The molecule has 2 aromatic heterocycles. The van der Waals surface area contributed by atoms with E-state index in [0.29, 0.717) is 0 Å². The molecule has 2 nitrogen and oxygen atoms in total. The van der Waals surface area contributed by atoms with Crippen molar-refractivity contribution in [3.8, 4) is 11.4 Å². The third-order valence-corrected chi connectivity index (χ3v) is 7.58. The van der Waals surface area contributed by atoms with E-state index >= 15 is 0 Å². The SMILES string of the molecule is Cc1cccc(-n2c3c(c4cc5c6ccccc6n(-c6cccc(C)c6)c5cc42)CCCC3)c1. The number of fused-ring (bicyclic) bond motifs is 6. The average molecular weight is 441 g/mol. The van der Waals surface area contributed by atoms with Gasteiger partial charge in [0, 0.05) is 33.2 Å². The lowest BCUT2D eigenvalue weighted by molar-refractivity contribution is 0.667. The Morgan fingerprint density at radius 2 is 1.21 bits per heavy atom. The van der Waals surface area contributed by atoms with Gasteiger partial charge in [0.2, 0.25) is 0 Å². The molecule has 4 aromatic carbocycles. The average Bonchev–Trinajstić information content (AvgIpc) is 3.35. The minimum atomic E-state index is 1.15. The Hall–Kier alpha value is -3.78. The summed E-state index contributed by atoms with van der Waals surface area (Å²) in [5, 5.41) is 4.10. The van der Waals surface area contributed by atoms with E-state index in [4.69, 9.17) is 0 Å². The van der Waals surface area contributed by atoms with Crippen molar-refractivity contribution in [1.29, 1.82) is 0 Å². The minimum absolute atomic E-state index is 1.15. The summed E-state index contributed by atoms with van der Waals surface area (Å²) in [5.41, 5.74) is 12.0. The first-order valence-corrected chi connectivity index (χ1v) is 12.4. The Bertz CT molecular complexity index is 1730. The van der Waals surface area contributed by atoms with Crippen molar-refractivity contribution < 1.29 is 0 Å². The second-order valence-corrected chi connectivity index (χ2v) is 9.88. The first-order chi connectivity index (χ1) is 16.7. The number of hydrogen-bond acceptors (Lipinski definition) is 0. The van der Waals surface area contributed by atoms with Crippen LogP contribution in [0.4, 0.5) is 0 Å². The molecule has 0 spiro atoms. The summed E-state index contributed by atoms with van der Waals surface area (Å²) in [7, 11) is 0. The summed E-state index contributed by atoms with van der Waals surface area (Å²) in [4.78, 5) is 0.